The van der Waals surface area contributed by atoms with Crippen LogP contribution in [-0.4, -0.2) is 34.7 Å². The largest absolute Gasteiger partial charge is 0.494 e. The zero-order chi connectivity index (χ0) is 23.5. The highest BCUT2D eigenvalue weighted by Gasteiger charge is 2.20. The van der Waals surface area contributed by atoms with Crippen molar-refractivity contribution < 1.29 is 9.53 Å². The number of nitrogens with zero attached hydrogens (tertiary/aromatic N) is 3. The molecule has 2 aromatic carbocycles. The van der Waals surface area contributed by atoms with Crippen LogP contribution < -0.4 is 26.1 Å². The van der Waals surface area contributed by atoms with Crippen LogP contribution in [0.5, 0.6) is 5.75 Å². The van der Waals surface area contributed by atoms with Gasteiger partial charge in [-0.25, -0.2) is 0 Å². The van der Waals surface area contributed by atoms with Crippen LogP contribution in [0.3, 0.4) is 0 Å². The quantitative estimate of drug-likeness (QED) is 0.463. The Kier molecular flexibility index (Phi) is 6.35. The topological polar surface area (TPSA) is 85.6 Å². The number of amides is 1. The van der Waals surface area contributed by atoms with Crippen molar-refractivity contribution in [1.29, 1.82) is 0 Å². The fourth-order valence-electron chi connectivity index (χ4n) is 4.12. The molecule has 0 atom stereocenters. The van der Waals surface area contributed by atoms with Crippen molar-refractivity contribution in [2.75, 3.05) is 29.9 Å². The molecular weight excluding hydrogens is 420 g/mol. The highest BCUT2D eigenvalue weighted by Crippen LogP contribution is 2.32. The van der Waals surface area contributed by atoms with Gasteiger partial charge in [-0.1, -0.05) is 12.1 Å². The van der Waals surface area contributed by atoms with Gasteiger partial charge in [-0.05, 0) is 55.7 Å². The van der Waals surface area contributed by atoms with E-state index in [9.17, 15) is 14.4 Å². The lowest BCUT2D eigenvalue weighted by atomic mass is 10.2. The Morgan fingerprint density at radius 3 is 2.21 bits per heavy atom. The summed E-state index contributed by atoms with van der Waals surface area (Å²) in [4.78, 5) is 39.6. The number of hydrogen-bond acceptors (Lipinski definition) is 5. The van der Waals surface area contributed by atoms with E-state index in [-0.39, 0.29) is 5.91 Å². The molecule has 1 aliphatic heterocycles. The van der Waals surface area contributed by atoms with Crippen molar-refractivity contribution in [2.45, 2.75) is 19.8 Å². The van der Waals surface area contributed by atoms with Crippen LogP contribution in [0.2, 0.25) is 0 Å². The summed E-state index contributed by atoms with van der Waals surface area (Å²) in [6.07, 6.45) is 5.35. The van der Waals surface area contributed by atoms with E-state index in [0.29, 0.717) is 23.3 Å². The SMILES string of the molecule is CCOc1ccc(C=CC(=O)Nc2cc3c(cc2N2CCCC2)n(C)c(=O)c(=O)n3C)cc1. The zero-order valence-electron chi connectivity index (χ0n) is 19.1. The predicted molar refractivity (Wildman–Crippen MR) is 131 cm³/mol. The Hall–Kier alpha value is -3.81. The third-order valence-electron chi connectivity index (χ3n) is 5.93. The first kappa shape index (κ1) is 22.4. The smallest absolute Gasteiger partial charge is 0.316 e. The molecule has 0 spiro atoms. The fraction of sp³-hybridized carbons (Fsp3) is 0.320. The summed E-state index contributed by atoms with van der Waals surface area (Å²) < 4.78 is 8.14. The van der Waals surface area contributed by atoms with Crippen molar-refractivity contribution in [3.8, 4) is 5.75 Å². The standard InChI is InChI=1S/C25H28N4O4/c1-4-33-18-10-7-17(8-11-18)9-12-23(30)26-19-15-21-22(16-20(19)29-13-5-6-14-29)28(3)25(32)24(31)27(21)2/h7-12,15-16H,4-6,13-14H2,1-3H3,(H,26,30). The lowest BCUT2D eigenvalue weighted by Crippen LogP contribution is -2.39. The summed E-state index contributed by atoms with van der Waals surface area (Å²) in [6.45, 7) is 4.27. The van der Waals surface area contributed by atoms with Crippen LogP contribution in [0, 0.1) is 0 Å². The number of fused-ring (bicyclic) bond motifs is 1. The molecule has 33 heavy (non-hydrogen) atoms. The van der Waals surface area contributed by atoms with Crippen LogP contribution in [0.25, 0.3) is 17.1 Å². The van der Waals surface area contributed by atoms with Crippen molar-refractivity contribution in [3.05, 3.63) is 68.7 Å². The summed E-state index contributed by atoms with van der Waals surface area (Å²) >= 11 is 0. The molecule has 3 aromatic rings. The molecule has 0 aliphatic carbocycles. The first-order chi connectivity index (χ1) is 15.9. The Morgan fingerprint density at radius 1 is 1.00 bits per heavy atom. The fourth-order valence-corrected chi connectivity index (χ4v) is 4.12. The van der Waals surface area contributed by atoms with E-state index in [2.05, 4.69) is 10.2 Å². The molecular formula is C25H28N4O4. The van der Waals surface area contributed by atoms with E-state index >= 15 is 0 Å². The zero-order valence-corrected chi connectivity index (χ0v) is 19.1. The molecule has 1 amide bonds. The Morgan fingerprint density at radius 2 is 1.61 bits per heavy atom. The lowest BCUT2D eigenvalue weighted by molar-refractivity contribution is -0.111. The minimum atomic E-state index is -0.605. The van der Waals surface area contributed by atoms with E-state index in [0.717, 1.165) is 42.9 Å². The average molecular weight is 449 g/mol. The summed E-state index contributed by atoms with van der Waals surface area (Å²) in [7, 11) is 3.16. The van der Waals surface area contributed by atoms with Crippen LogP contribution in [0.15, 0.2) is 52.1 Å². The maximum Gasteiger partial charge on any atom is 0.316 e. The maximum absolute atomic E-state index is 12.8. The van der Waals surface area contributed by atoms with Gasteiger partial charge >= 0.3 is 11.1 Å². The monoisotopic (exact) mass is 448 g/mol. The van der Waals surface area contributed by atoms with E-state index < -0.39 is 11.1 Å². The second-order valence-corrected chi connectivity index (χ2v) is 8.11. The van der Waals surface area contributed by atoms with Gasteiger partial charge in [0.2, 0.25) is 5.91 Å². The molecule has 1 saturated heterocycles. The number of hydrogen-bond donors (Lipinski definition) is 1. The third kappa shape index (κ3) is 4.55. The summed E-state index contributed by atoms with van der Waals surface area (Å²) in [5.74, 6) is 0.504. The molecule has 0 bridgehead atoms. The van der Waals surface area contributed by atoms with Gasteiger partial charge in [0.05, 0.1) is 29.0 Å². The van der Waals surface area contributed by atoms with Crippen molar-refractivity contribution >= 4 is 34.4 Å². The molecule has 8 heteroatoms. The van der Waals surface area contributed by atoms with Crippen molar-refractivity contribution in [1.82, 2.24) is 9.13 Å². The normalized spacial score (nSPS) is 13.7. The van der Waals surface area contributed by atoms with Crippen LogP contribution >= 0.6 is 0 Å². The second-order valence-electron chi connectivity index (χ2n) is 8.11. The molecule has 172 valence electrons. The number of aromatic nitrogens is 2. The first-order valence-corrected chi connectivity index (χ1v) is 11.1. The van der Waals surface area contributed by atoms with E-state index in [1.807, 2.05) is 37.3 Å². The number of benzene rings is 2. The maximum atomic E-state index is 12.8. The van der Waals surface area contributed by atoms with Gasteiger partial charge in [0, 0.05) is 33.3 Å². The highest BCUT2D eigenvalue weighted by molar-refractivity contribution is 6.05. The average Bonchev–Trinajstić information content (AvgIpc) is 3.35. The number of ether oxygens (including phenoxy) is 1. The first-order valence-electron chi connectivity index (χ1n) is 11.1. The van der Waals surface area contributed by atoms with E-state index in [4.69, 9.17) is 4.74 Å². The molecule has 1 aliphatic rings. The van der Waals surface area contributed by atoms with Crippen LogP contribution in [-0.2, 0) is 18.9 Å². The van der Waals surface area contributed by atoms with Crippen molar-refractivity contribution in [3.63, 3.8) is 0 Å². The Balaban J connectivity index is 1.68. The predicted octanol–water partition coefficient (Wildman–Crippen LogP) is 2.89. The molecule has 4 rings (SSSR count). The van der Waals surface area contributed by atoms with Crippen molar-refractivity contribution in [2.24, 2.45) is 14.1 Å². The van der Waals surface area contributed by atoms with Crippen LogP contribution in [0.4, 0.5) is 11.4 Å². The molecule has 2 heterocycles. The van der Waals surface area contributed by atoms with Crippen LogP contribution in [0.1, 0.15) is 25.3 Å². The van der Waals surface area contributed by atoms with Gasteiger partial charge in [-0.15, -0.1) is 0 Å². The number of nitrogens with one attached hydrogen (secondary N) is 1. The molecule has 0 radical (unpaired) electrons. The van der Waals surface area contributed by atoms with Gasteiger partial charge in [0.15, 0.2) is 0 Å². The number of carbonyl (C=O) groups excluding carboxylic acids is 1. The molecule has 0 unspecified atom stereocenters. The molecule has 1 fully saturated rings. The van der Waals surface area contributed by atoms with E-state index in [1.54, 1.807) is 26.2 Å². The highest BCUT2D eigenvalue weighted by atomic mass is 16.5. The number of anilines is 2. The third-order valence-corrected chi connectivity index (χ3v) is 5.93. The molecule has 1 aromatic heterocycles. The number of carbonyl (C=O) groups is 1. The van der Waals surface area contributed by atoms with Gasteiger partial charge in [-0.3, -0.25) is 14.4 Å². The summed E-state index contributed by atoms with van der Waals surface area (Å²) in [5, 5.41) is 2.97. The second kappa shape index (κ2) is 9.36. The summed E-state index contributed by atoms with van der Waals surface area (Å²) in [6, 6.07) is 11.1. The number of aryl methyl sites for hydroxylation is 2. The molecule has 8 nitrogen and oxygen atoms in total. The minimum absolute atomic E-state index is 0.279. The van der Waals surface area contributed by atoms with Gasteiger partial charge in [-0.2, -0.15) is 0 Å². The van der Waals surface area contributed by atoms with Gasteiger partial charge < -0.3 is 24.1 Å². The number of rotatable bonds is 6. The molecule has 0 saturated carbocycles. The summed E-state index contributed by atoms with van der Waals surface area (Å²) in [5.41, 5.74) is 2.38. The van der Waals surface area contributed by atoms with Gasteiger partial charge in [0.25, 0.3) is 0 Å². The molecule has 1 N–H and O–H groups in total. The Bertz CT molecular complexity index is 1330. The minimum Gasteiger partial charge on any atom is -0.494 e. The Labute approximate surface area is 191 Å². The lowest BCUT2D eigenvalue weighted by Gasteiger charge is -2.23. The van der Waals surface area contributed by atoms with E-state index in [1.165, 1.54) is 15.2 Å². The van der Waals surface area contributed by atoms with Gasteiger partial charge in [0.1, 0.15) is 5.75 Å².